The Balaban J connectivity index is 1.92. The Morgan fingerprint density at radius 1 is 1.45 bits per heavy atom. The van der Waals surface area contributed by atoms with E-state index in [9.17, 15) is 18.0 Å². The number of hydrogen-bond acceptors (Lipinski definition) is 3. The van der Waals surface area contributed by atoms with Crippen molar-refractivity contribution in [1.82, 2.24) is 5.32 Å². The Bertz CT molecular complexity index is 531. The summed E-state index contributed by atoms with van der Waals surface area (Å²) in [5, 5.41) is 5.06. The monoisotopic (exact) mass is 334 g/mol. The Morgan fingerprint density at radius 2 is 2.23 bits per heavy atom. The number of rotatable bonds is 4. The smallest absolute Gasteiger partial charge is 0.376 e. The van der Waals surface area contributed by atoms with Crippen LogP contribution in [0.5, 0.6) is 0 Å². The molecule has 22 heavy (non-hydrogen) atoms. The van der Waals surface area contributed by atoms with E-state index in [0.29, 0.717) is 6.54 Å². The van der Waals surface area contributed by atoms with Crippen molar-refractivity contribution in [3.05, 3.63) is 29.8 Å². The number of hydrogen-bond donors (Lipinski definition) is 2. The zero-order chi connectivity index (χ0) is 16.2. The summed E-state index contributed by atoms with van der Waals surface area (Å²) >= 11 is 1.74. The van der Waals surface area contributed by atoms with Crippen LogP contribution >= 0.6 is 11.8 Å². The number of benzene rings is 1. The summed E-state index contributed by atoms with van der Waals surface area (Å²) in [6.45, 7) is 0.321. The SMILES string of the molecule is COC1(CNC(=O)Nc2cccc(C(F)(F)F)c2)CCSC1. The normalized spacial score (nSPS) is 21.6. The molecule has 1 unspecified atom stereocenters. The standard InChI is InChI=1S/C14H17F3N2O2S/c1-21-13(5-6-22-9-13)8-18-12(20)19-11-4-2-3-10(7-11)14(15,16)17/h2-4,7H,5-6,8-9H2,1H3,(H2,18,19,20). The fraction of sp³-hybridized carbons (Fsp3) is 0.500. The van der Waals surface area contributed by atoms with Crippen molar-refractivity contribution in [2.45, 2.75) is 18.2 Å². The number of thioether (sulfide) groups is 1. The van der Waals surface area contributed by atoms with E-state index in [1.165, 1.54) is 12.1 Å². The topological polar surface area (TPSA) is 50.4 Å². The number of methoxy groups -OCH3 is 1. The fourth-order valence-electron chi connectivity index (χ4n) is 2.15. The van der Waals surface area contributed by atoms with Gasteiger partial charge in [-0.3, -0.25) is 0 Å². The van der Waals surface area contributed by atoms with Crippen molar-refractivity contribution in [1.29, 1.82) is 0 Å². The van der Waals surface area contributed by atoms with E-state index < -0.39 is 23.4 Å². The highest BCUT2D eigenvalue weighted by Gasteiger charge is 2.34. The van der Waals surface area contributed by atoms with Gasteiger partial charge in [0.25, 0.3) is 0 Å². The van der Waals surface area contributed by atoms with Gasteiger partial charge in [-0.1, -0.05) is 6.07 Å². The number of alkyl halides is 3. The molecule has 2 N–H and O–H groups in total. The Hall–Kier alpha value is -1.41. The predicted octanol–water partition coefficient (Wildman–Crippen LogP) is 3.35. The summed E-state index contributed by atoms with van der Waals surface area (Å²) in [5.74, 6) is 1.75. The lowest BCUT2D eigenvalue weighted by atomic mass is 10.0. The first kappa shape index (κ1) is 17.0. The summed E-state index contributed by atoms with van der Waals surface area (Å²) in [6.07, 6.45) is -3.60. The molecular formula is C14H17F3N2O2S. The van der Waals surface area contributed by atoms with Gasteiger partial charge in [0.05, 0.1) is 11.2 Å². The fourth-order valence-corrected chi connectivity index (χ4v) is 3.55. The molecule has 0 aliphatic carbocycles. The molecule has 1 aliphatic rings. The lowest BCUT2D eigenvalue weighted by Crippen LogP contribution is -2.45. The zero-order valence-corrected chi connectivity index (χ0v) is 12.8. The predicted molar refractivity (Wildman–Crippen MR) is 80.1 cm³/mol. The summed E-state index contributed by atoms with van der Waals surface area (Å²) in [6, 6.07) is 3.97. The highest BCUT2D eigenvalue weighted by atomic mass is 32.2. The van der Waals surface area contributed by atoms with Crippen LogP contribution in [0.15, 0.2) is 24.3 Å². The van der Waals surface area contributed by atoms with Gasteiger partial charge in [-0.25, -0.2) is 4.79 Å². The largest absolute Gasteiger partial charge is 0.416 e. The molecule has 0 aromatic heterocycles. The molecule has 0 radical (unpaired) electrons. The Morgan fingerprint density at radius 3 is 2.82 bits per heavy atom. The molecule has 4 nitrogen and oxygen atoms in total. The molecule has 0 bridgehead atoms. The second kappa shape index (κ2) is 6.78. The summed E-state index contributed by atoms with van der Waals surface area (Å²) in [5.41, 5.74) is -1.10. The lowest BCUT2D eigenvalue weighted by Gasteiger charge is -2.26. The van der Waals surface area contributed by atoms with Gasteiger partial charge >= 0.3 is 12.2 Å². The van der Waals surface area contributed by atoms with E-state index in [2.05, 4.69) is 10.6 Å². The average Bonchev–Trinajstić information content (AvgIpc) is 2.94. The van der Waals surface area contributed by atoms with Crippen LogP contribution in [0, 0.1) is 0 Å². The van der Waals surface area contributed by atoms with Crippen molar-refractivity contribution in [2.24, 2.45) is 0 Å². The van der Waals surface area contributed by atoms with Gasteiger partial charge in [-0.2, -0.15) is 24.9 Å². The molecule has 1 fully saturated rings. The molecule has 1 heterocycles. The minimum Gasteiger partial charge on any atom is -0.376 e. The van der Waals surface area contributed by atoms with Gasteiger partial charge in [0, 0.05) is 25.1 Å². The molecule has 0 saturated carbocycles. The maximum absolute atomic E-state index is 12.6. The Labute approximate surface area is 130 Å². The van der Waals surface area contributed by atoms with E-state index >= 15 is 0 Å². The number of carbonyl (C=O) groups excluding carboxylic acids is 1. The number of anilines is 1. The van der Waals surface area contributed by atoms with Crippen molar-refractivity contribution in [3.8, 4) is 0 Å². The van der Waals surface area contributed by atoms with E-state index in [0.717, 1.165) is 30.1 Å². The van der Waals surface area contributed by atoms with Gasteiger partial charge in [0.1, 0.15) is 0 Å². The Kier molecular flexibility index (Phi) is 5.23. The third-order valence-electron chi connectivity index (χ3n) is 3.52. The van der Waals surface area contributed by atoms with Crippen LogP contribution in [0.4, 0.5) is 23.7 Å². The molecule has 1 aliphatic heterocycles. The van der Waals surface area contributed by atoms with Gasteiger partial charge in [0.15, 0.2) is 0 Å². The third-order valence-corrected chi connectivity index (χ3v) is 4.74. The second-order valence-electron chi connectivity index (χ2n) is 5.08. The van der Waals surface area contributed by atoms with Crippen LogP contribution in [0.25, 0.3) is 0 Å². The molecule has 122 valence electrons. The molecule has 2 amide bonds. The van der Waals surface area contributed by atoms with Crippen molar-refractivity contribution in [2.75, 3.05) is 30.5 Å². The first-order chi connectivity index (χ1) is 10.3. The van der Waals surface area contributed by atoms with Crippen LogP contribution in [0.3, 0.4) is 0 Å². The highest BCUT2D eigenvalue weighted by molar-refractivity contribution is 7.99. The van der Waals surface area contributed by atoms with Gasteiger partial charge in [-0.05, 0) is 30.4 Å². The lowest BCUT2D eigenvalue weighted by molar-refractivity contribution is -0.137. The zero-order valence-electron chi connectivity index (χ0n) is 12.0. The molecular weight excluding hydrogens is 317 g/mol. The summed E-state index contributed by atoms with van der Waals surface area (Å²) in [7, 11) is 1.60. The van der Waals surface area contributed by atoms with Crippen molar-refractivity contribution < 1.29 is 22.7 Å². The van der Waals surface area contributed by atoms with E-state index in [1.807, 2.05) is 0 Å². The minimum atomic E-state index is -4.44. The molecule has 1 atom stereocenters. The summed E-state index contributed by atoms with van der Waals surface area (Å²) < 4.78 is 43.3. The number of ether oxygens (including phenoxy) is 1. The quantitative estimate of drug-likeness (QED) is 0.888. The molecule has 8 heteroatoms. The molecule has 2 rings (SSSR count). The van der Waals surface area contributed by atoms with Crippen LogP contribution in [-0.4, -0.2) is 36.8 Å². The number of urea groups is 1. The maximum Gasteiger partial charge on any atom is 0.416 e. The third kappa shape index (κ3) is 4.30. The number of nitrogens with one attached hydrogen (secondary N) is 2. The highest BCUT2D eigenvalue weighted by Crippen LogP contribution is 2.31. The van der Waals surface area contributed by atoms with Crippen molar-refractivity contribution >= 4 is 23.5 Å². The van der Waals surface area contributed by atoms with Crippen LogP contribution in [0.1, 0.15) is 12.0 Å². The number of carbonyl (C=O) groups is 1. The van der Waals surface area contributed by atoms with Crippen LogP contribution < -0.4 is 10.6 Å². The number of amides is 2. The first-order valence-electron chi connectivity index (χ1n) is 6.70. The van der Waals surface area contributed by atoms with Crippen molar-refractivity contribution in [3.63, 3.8) is 0 Å². The average molecular weight is 334 g/mol. The first-order valence-corrected chi connectivity index (χ1v) is 7.85. The maximum atomic E-state index is 12.6. The molecule has 1 aromatic rings. The van der Waals surface area contributed by atoms with Crippen LogP contribution in [0.2, 0.25) is 0 Å². The van der Waals surface area contributed by atoms with E-state index in [-0.39, 0.29) is 5.69 Å². The second-order valence-corrected chi connectivity index (χ2v) is 6.18. The van der Waals surface area contributed by atoms with E-state index in [1.54, 1.807) is 18.9 Å². The molecule has 0 spiro atoms. The minimum absolute atomic E-state index is 0.0968. The molecule has 1 aromatic carbocycles. The van der Waals surface area contributed by atoms with Crippen LogP contribution in [-0.2, 0) is 10.9 Å². The molecule has 1 saturated heterocycles. The van der Waals surface area contributed by atoms with Gasteiger partial charge < -0.3 is 15.4 Å². The number of halogens is 3. The van der Waals surface area contributed by atoms with E-state index in [4.69, 9.17) is 4.74 Å². The van der Waals surface area contributed by atoms with Gasteiger partial charge in [0.2, 0.25) is 0 Å². The summed E-state index contributed by atoms with van der Waals surface area (Å²) in [4.78, 5) is 11.8. The van der Waals surface area contributed by atoms with Gasteiger partial charge in [-0.15, -0.1) is 0 Å².